The van der Waals surface area contributed by atoms with E-state index >= 15 is 0 Å². The van der Waals surface area contributed by atoms with Crippen molar-refractivity contribution in [2.45, 2.75) is 13.0 Å². The van der Waals surface area contributed by atoms with Crippen LogP contribution in [0.25, 0.3) is 0 Å². The van der Waals surface area contributed by atoms with E-state index in [4.69, 9.17) is 16.0 Å². The summed E-state index contributed by atoms with van der Waals surface area (Å²) in [4.78, 5) is 24.4. The number of urea groups is 1. The lowest BCUT2D eigenvalue weighted by Crippen LogP contribution is -2.45. The van der Waals surface area contributed by atoms with E-state index in [9.17, 15) is 9.59 Å². The third-order valence-corrected chi connectivity index (χ3v) is 3.79. The van der Waals surface area contributed by atoms with E-state index in [0.717, 1.165) is 0 Å². The Morgan fingerprint density at radius 2 is 2.04 bits per heavy atom. The first kappa shape index (κ1) is 15.2. The van der Waals surface area contributed by atoms with Crippen molar-refractivity contribution in [1.29, 1.82) is 0 Å². The zero-order valence-corrected chi connectivity index (χ0v) is 13.0. The van der Waals surface area contributed by atoms with Crippen molar-refractivity contribution in [2.75, 3.05) is 5.32 Å². The number of halogens is 1. The number of para-hydroxylation sites is 1. The monoisotopic (exact) mass is 331 g/mol. The Morgan fingerprint density at radius 3 is 2.74 bits per heavy atom. The number of carbonyl (C=O) groups excluding carboxylic acids is 2. The Kier molecular flexibility index (Phi) is 4.08. The summed E-state index contributed by atoms with van der Waals surface area (Å²) in [5, 5.41) is 8.47. The largest absolute Gasteiger partial charge is 0.467 e. The molecule has 6 nitrogen and oxygen atoms in total. The van der Waals surface area contributed by atoms with Crippen LogP contribution in [0.4, 0.5) is 10.5 Å². The number of furan rings is 1. The highest BCUT2D eigenvalue weighted by Gasteiger charge is 2.33. The Labute approximate surface area is 137 Å². The Balaban J connectivity index is 1.94. The first-order valence-electron chi connectivity index (χ1n) is 6.94. The molecule has 0 spiro atoms. The topological polar surface area (TPSA) is 83.4 Å². The van der Waals surface area contributed by atoms with Gasteiger partial charge < -0.3 is 20.4 Å². The van der Waals surface area contributed by atoms with E-state index < -0.39 is 12.1 Å². The van der Waals surface area contributed by atoms with Crippen molar-refractivity contribution < 1.29 is 14.0 Å². The van der Waals surface area contributed by atoms with Gasteiger partial charge in [0.25, 0.3) is 5.91 Å². The van der Waals surface area contributed by atoms with Gasteiger partial charge in [-0.3, -0.25) is 4.79 Å². The van der Waals surface area contributed by atoms with Gasteiger partial charge in [0.15, 0.2) is 0 Å². The van der Waals surface area contributed by atoms with Crippen LogP contribution in [0.5, 0.6) is 0 Å². The predicted octanol–water partition coefficient (Wildman–Crippen LogP) is 3.20. The number of nitrogens with one attached hydrogen (secondary N) is 3. The molecular formula is C16H14ClN3O3. The minimum absolute atomic E-state index is 0.361. The van der Waals surface area contributed by atoms with Crippen molar-refractivity contribution >= 4 is 29.2 Å². The summed E-state index contributed by atoms with van der Waals surface area (Å²) in [6, 6.07) is 9.27. The number of benzene rings is 1. The maximum absolute atomic E-state index is 12.7. The zero-order chi connectivity index (χ0) is 16.4. The van der Waals surface area contributed by atoms with E-state index in [-0.39, 0.29) is 5.91 Å². The average molecular weight is 332 g/mol. The van der Waals surface area contributed by atoms with E-state index in [1.54, 1.807) is 43.3 Å². The molecule has 118 valence electrons. The number of anilines is 1. The summed E-state index contributed by atoms with van der Waals surface area (Å²) in [6.07, 6.45) is 1.49. The molecule has 1 atom stereocenters. The standard InChI is InChI=1S/C16H14ClN3O3/c1-9-13(15(21)19-11-6-3-2-5-10(11)17)14(20-16(22)18-9)12-7-4-8-23-12/h2-8,14H,1H3,(H,19,21)(H2,18,20,22). The average Bonchev–Trinajstić information content (AvgIpc) is 3.03. The van der Waals surface area contributed by atoms with Crippen molar-refractivity contribution in [3.05, 3.63) is 64.7 Å². The van der Waals surface area contributed by atoms with Crippen LogP contribution in [0.3, 0.4) is 0 Å². The molecule has 23 heavy (non-hydrogen) atoms. The maximum Gasteiger partial charge on any atom is 0.319 e. The van der Waals surface area contributed by atoms with Crippen LogP contribution in [-0.2, 0) is 4.79 Å². The number of rotatable bonds is 3. The molecule has 0 saturated heterocycles. The molecule has 0 aliphatic carbocycles. The minimum Gasteiger partial charge on any atom is -0.467 e. The van der Waals surface area contributed by atoms with Gasteiger partial charge in [-0.25, -0.2) is 4.79 Å². The van der Waals surface area contributed by atoms with Gasteiger partial charge >= 0.3 is 6.03 Å². The number of hydrogen-bond acceptors (Lipinski definition) is 3. The fourth-order valence-electron chi connectivity index (χ4n) is 2.42. The number of allylic oxidation sites excluding steroid dienone is 1. The second-order valence-corrected chi connectivity index (χ2v) is 5.43. The van der Waals surface area contributed by atoms with Gasteiger partial charge in [-0.05, 0) is 31.2 Å². The van der Waals surface area contributed by atoms with E-state index in [0.29, 0.717) is 27.7 Å². The third kappa shape index (κ3) is 3.07. The van der Waals surface area contributed by atoms with Crippen LogP contribution in [-0.4, -0.2) is 11.9 Å². The molecule has 2 aromatic rings. The SMILES string of the molecule is CC1=C(C(=O)Nc2ccccc2Cl)C(c2ccco2)NC(=O)N1. The Hall–Kier alpha value is -2.73. The van der Waals surface area contributed by atoms with Crippen LogP contribution in [0.2, 0.25) is 5.02 Å². The first-order valence-corrected chi connectivity index (χ1v) is 7.31. The van der Waals surface area contributed by atoms with Crippen LogP contribution >= 0.6 is 11.6 Å². The molecule has 2 heterocycles. The van der Waals surface area contributed by atoms with Crippen LogP contribution in [0, 0.1) is 0 Å². The number of amides is 3. The van der Waals surface area contributed by atoms with Gasteiger partial charge in [0.05, 0.1) is 22.5 Å². The van der Waals surface area contributed by atoms with Gasteiger partial charge in [0, 0.05) is 5.70 Å². The molecule has 1 unspecified atom stereocenters. The van der Waals surface area contributed by atoms with Crippen LogP contribution in [0.1, 0.15) is 18.7 Å². The summed E-state index contributed by atoms with van der Waals surface area (Å²) in [5.41, 5.74) is 1.31. The quantitative estimate of drug-likeness (QED) is 0.807. The lowest BCUT2D eigenvalue weighted by atomic mass is 10.00. The molecule has 1 aromatic carbocycles. The Bertz CT molecular complexity index is 784. The number of carbonyl (C=O) groups is 2. The van der Waals surface area contributed by atoms with Crippen LogP contribution in [0.15, 0.2) is 58.3 Å². The molecule has 0 radical (unpaired) electrons. The summed E-state index contributed by atoms with van der Waals surface area (Å²) >= 11 is 6.07. The molecule has 7 heteroatoms. The van der Waals surface area contributed by atoms with Crippen molar-refractivity contribution in [3.8, 4) is 0 Å². The normalized spacial score (nSPS) is 17.5. The van der Waals surface area contributed by atoms with Crippen molar-refractivity contribution in [1.82, 2.24) is 10.6 Å². The van der Waals surface area contributed by atoms with E-state index in [1.165, 1.54) is 6.26 Å². The fraction of sp³-hybridized carbons (Fsp3) is 0.125. The zero-order valence-electron chi connectivity index (χ0n) is 12.2. The lowest BCUT2D eigenvalue weighted by molar-refractivity contribution is -0.113. The molecule has 3 amide bonds. The second-order valence-electron chi connectivity index (χ2n) is 5.02. The highest BCUT2D eigenvalue weighted by Crippen LogP contribution is 2.29. The summed E-state index contributed by atoms with van der Waals surface area (Å²) in [7, 11) is 0. The maximum atomic E-state index is 12.7. The fourth-order valence-corrected chi connectivity index (χ4v) is 2.60. The van der Waals surface area contributed by atoms with Crippen LogP contribution < -0.4 is 16.0 Å². The number of hydrogen-bond donors (Lipinski definition) is 3. The summed E-state index contributed by atoms with van der Waals surface area (Å²) in [5.74, 6) is 0.105. The van der Waals surface area contributed by atoms with Crippen molar-refractivity contribution in [3.63, 3.8) is 0 Å². The molecular weight excluding hydrogens is 318 g/mol. The van der Waals surface area contributed by atoms with Gasteiger partial charge in [0.1, 0.15) is 11.8 Å². The summed E-state index contributed by atoms with van der Waals surface area (Å²) < 4.78 is 5.34. The Morgan fingerprint density at radius 1 is 1.26 bits per heavy atom. The van der Waals surface area contributed by atoms with E-state index in [2.05, 4.69) is 16.0 Å². The minimum atomic E-state index is -0.666. The lowest BCUT2D eigenvalue weighted by Gasteiger charge is -2.27. The molecule has 0 fully saturated rings. The van der Waals surface area contributed by atoms with Gasteiger partial charge in [0.2, 0.25) is 0 Å². The predicted molar refractivity (Wildman–Crippen MR) is 85.9 cm³/mol. The second kappa shape index (κ2) is 6.18. The third-order valence-electron chi connectivity index (χ3n) is 3.46. The van der Waals surface area contributed by atoms with E-state index in [1.807, 2.05) is 0 Å². The highest BCUT2D eigenvalue weighted by atomic mass is 35.5. The molecule has 3 N–H and O–H groups in total. The molecule has 1 aromatic heterocycles. The van der Waals surface area contributed by atoms with Crippen molar-refractivity contribution in [2.24, 2.45) is 0 Å². The highest BCUT2D eigenvalue weighted by molar-refractivity contribution is 6.33. The van der Waals surface area contributed by atoms with Gasteiger partial charge in [-0.15, -0.1) is 0 Å². The first-order chi connectivity index (χ1) is 11.1. The van der Waals surface area contributed by atoms with Gasteiger partial charge in [-0.1, -0.05) is 23.7 Å². The molecule has 1 aliphatic heterocycles. The smallest absolute Gasteiger partial charge is 0.319 e. The molecule has 0 bridgehead atoms. The van der Waals surface area contributed by atoms with Gasteiger partial charge in [-0.2, -0.15) is 0 Å². The molecule has 1 aliphatic rings. The molecule has 0 saturated carbocycles. The molecule has 3 rings (SSSR count). The summed E-state index contributed by atoms with van der Waals surface area (Å²) in [6.45, 7) is 1.66.